The van der Waals surface area contributed by atoms with Crippen LogP contribution in [-0.4, -0.2) is 30.6 Å². The molecule has 1 fully saturated rings. The number of halogens is 1. The first-order chi connectivity index (χ1) is 10.2. The van der Waals surface area contributed by atoms with Gasteiger partial charge in [0.15, 0.2) is 0 Å². The predicted octanol–water partition coefficient (Wildman–Crippen LogP) is 3.06. The first-order valence-corrected chi connectivity index (χ1v) is 7.63. The van der Waals surface area contributed by atoms with Crippen LogP contribution in [-0.2, 0) is 0 Å². The van der Waals surface area contributed by atoms with Gasteiger partial charge in [-0.15, -0.1) is 0 Å². The zero-order chi connectivity index (χ0) is 15.1. The van der Waals surface area contributed by atoms with Gasteiger partial charge in [-0.3, -0.25) is 0 Å². The predicted molar refractivity (Wildman–Crippen MR) is 86.4 cm³/mol. The van der Waals surface area contributed by atoms with Crippen LogP contribution in [0.5, 0.6) is 0 Å². The number of urea groups is 1. The summed E-state index contributed by atoms with van der Waals surface area (Å²) in [6.45, 7) is 1.91. The molecule has 21 heavy (non-hydrogen) atoms. The van der Waals surface area contributed by atoms with E-state index < -0.39 is 0 Å². The van der Waals surface area contributed by atoms with Crippen LogP contribution in [0, 0.1) is 11.8 Å². The lowest BCUT2D eigenvalue weighted by Crippen LogP contribution is -2.35. The highest BCUT2D eigenvalue weighted by atomic mass is 35.5. The maximum Gasteiger partial charge on any atom is 0.321 e. The van der Waals surface area contributed by atoms with Crippen molar-refractivity contribution in [2.45, 2.75) is 25.7 Å². The summed E-state index contributed by atoms with van der Waals surface area (Å²) in [6.07, 6.45) is 4.50. The molecule has 112 valence electrons. The average Bonchev–Trinajstić information content (AvgIpc) is 2.77. The lowest BCUT2D eigenvalue weighted by molar-refractivity contribution is 0.214. The van der Waals surface area contributed by atoms with E-state index in [4.69, 9.17) is 17.3 Å². The highest BCUT2D eigenvalue weighted by Gasteiger charge is 2.16. The summed E-state index contributed by atoms with van der Waals surface area (Å²) >= 11 is 6.14. The second-order valence-electron chi connectivity index (χ2n) is 5.03. The van der Waals surface area contributed by atoms with Crippen molar-refractivity contribution >= 4 is 23.3 Å². The van der Waals surface area contributed by atoms with E-state index in [9.17, 15) is 4.79 Å². The number of nitrogens with two attached hydrogens (primary N) is 1. The van der Waals surface area contributed by atoms with Gasteiger partial charge >= 0.3 is 6.03 Å². The van der Waals surface area contributed by atoms with Crippen LogP contribution in [0.25, 0.3) is 0 Å². The molecule has 0 aliphatic carbocycles. The summed E-state index contributed by atoms with van der Waals surface area (Å²) in [5.41, 5.74) is 6.74. The second kappa shape index (κ2) is 7.92. The fraction of sp³-hybridized carbons (Fsp3) is 0.438. The number of hydrogen-bond acceptors (Lipinski definition) is 2. The second-order valence-corrected chi connectivity index (χ2v) is 5.44. The molecule has 3 N–H and O–H groups in total. The molecule has 0 aromatic heterocycles. The van der Waals surface area contributed by atoms with Gasteiger partial charge in [-0.1, -0.05) is 36.3 Å². The Morgan fingerprint density at radius 1 is 1.29 bits per heavy atom. The van der Waals surface area contributed by atoms with E-state index in [1.165, 1.54) is 12.8 Å². The lowest BCUT2D eigenvalue weighted by atomic mass is 10.2. The normalized spacial score (nSPS) is 14.9. The Balaban J connectivity index is 2.08. The number of anilines is 1. The number of amides is 2. The number of nitrogens with one attached hydrogen (secondary N) is 1. The number of rotatable bonds is 1. The fourth-order valence-electron chi connectivity index (χ4n) is 2.32. The van der Waals surface area contributed by atoms with Crippen molar-refractivity contribution in [1.82, 2.24) is 4.90 Å². The van der Waals surface area contributed by atoms with Gasteiger partial charge in [0.1, 0.15) is 0 Å². The Hall–Kier alpha value is -1.70. The number of nitrogens with zero attached hydrogens (tertiary/aromatic N) is 1. The van der Waals surface area contributed by atoms with Gasteiger partial charge in [-0.25, -0.2) is 4.79 Å². The Morgan fingerprint density at radius 3 is 2.67 bits per heavy atom. The van der Waals surface area contributed by atoms with Crippen molar-refractivity contribution in [3.63, 3.8) is 0 Å². The Morgan fingerprint density at radius 2 is 2.00 bits per heavy atom. The summed E-state index contributed by atoms with van der Waals surface area (Å²) in [7, 11) is 0. The maximum atomic E-state index is 12.3. The third-order valence-electron chi connectivity index (χ3n) is 3.44. The van der Waals surface area contributed by atoms with Crippen LogP contribution >= 0.6 is 11.6 Å². The van der Waals surface area contributed by atoms with Crippen molar-refractivity contribution in [1.29, 1.82) is 0 Å². The molecule has 1 saturated heterocycles. The molecule has 1 heterocycles. The number of hydrogen-bond donors (Lipinski definition) is 2. The van der Waals surface area contributed by atoms with Gasteiger partial charge in [0, 0.05) is 18.7 Å². The minimum atomic E-state index is -0.0947. The monoisotopic (exact) mass is 305 g/mol. The van der Waals surface area contributed by atoms with E-state index in [-0.39, 0.29) is 6.03 Å². The Labute approximate surface area is 130 Å². The molecular formula is C16H20ClN3O. The van der Waals surface area contributed by atoms with Crippen molar-refractivity contribution in [2.24, 2.45) is 5.73 Å². The average molecular weight is 306 g/mol. The van der Waals surface area contributed by atoms with Crippen LogP contribution in [0.2, 0.25) is 5.02 Å². The van der Waals surface area contributed by atoms with Gasteiger partial charge in [-0.05, 0) is 31.0 Å². The van der Waals surface area contributed by atoms with Crippen LogP contribution < -0.4 is 11.1 Å². The van der Waals surface area contributed by atoms with Crippen molar-refractivity contribution in [2.75, 3.05) is 25.0 Å². The lowest BCUT2D eigenvalue weighted by Gasteiger charge is -2.21. The maximum absolute atomic E-state index is 12.3. The molecule has 2 rings (SSSR count). The van der Waals surface area contributed by atoms with Gasteiger partial charge in [0.25, 0.3) is 0 Å². The van der Waals surface area contributed by atoms with Crippen LogP contribution in [0.15, 0.2) is 18.2 Å². The molecule has 2 amide bonds. The molecule has 0 bridgehead atoms. The van der Waals surface area contributed by atoms with E-state index in [0.717, 1.165) is 31.5 Å². The molecule has 1 aromatic carbocycles. The largest absolute Gasteiger partial charge is 0.325 e. The number of carbonyl (C=O) groups excluding carboxylic acids is 1. The molecule has 0 unspecified atom stereocenters. The molecule has 1 aromatic rings. The minimum Gasteiger partial charge on any atom is -0.325 e. The third kappa shape index (κ3) is 4.66. The molecule has 5 heteroatoms. The van der Waals surface area contributed by atoms with Crippen molar-refractivity contribution < 1.29 is 4.79 Å². The highest BCUT2D eigenvalue weighted by Crippen LogP contribution is 2.23. The molecule has 0 saturated carbocycles. The number of carbonyl (C=O) groups is 1. The SMILES string of the molecule is NCC#Cc1ccc(Cl)c(NC(=O)N2CCCCCC2)c1. The van der Waals surface area contributed by atoms with Gasteiger partial charge in [-0.2, -0.15) is 0 Å². The van der Waals surface area contributed by atoms with Gasteiger partial charge in [0.2, 0.25) is 0 Å². The molecule has 1 aliphatic rings. The molecule has 4 nitrogen and oxygen atoms in total. The molecule has 0 radical (unpaired) electrons. The zero-order valence-corrected chi connectivity index (χ0v) is 12.7. The van der Waals surface area contributed by atoms with Crippen molar-refractivity contribution in [3.05, 3.63) is 28.8 Å². The number of likely N-dealkylation sites (tertiary alicyclic amines) is 1. The minimum absolute atomic E-state index is 0.0947. The standard InChI is InChI=1S/C16H20ClN3O/c17-14-8-7-13(6-5-9-18)12-15(14)19-16(21)20-10-3-1-2-4-11-20/h7-8,12H,1-4,9-11,18H2,(H,19,21). The summed E-state index contributed by atoms with van der Waals surface area (Å²) in [5.74, 6) is 5.72. The van der Waals surface area contributed by atoms with E-state index in [1.807, 2.05) is 11.0 Å². The summed E-state index contributed by atoms with van der Waals surface area (Å²) < 4.78 is 0. The molecule has 0 atom stereocenters. The van der Waals surface area contributed by atoms with E-state index >= 15 is 0 Å². The zero-order valence-electron chi connectivity index (χ0n) is 12.0. The first kappa shape index (κ1) is 15.7. The highest BCUT2D eigenvalue weighted by molar-refractivity contribution is 6.33. The van der Waals surface area contributed by atoms with Crippen LogP contribution in [0.3, 0.4) is 0 Å². The summed E-state index contributed by atoms with van der Waals surface area (Å²) in [4.78, 5) is 14.1. The Kier molecular flexibility index (Phi) is 5.91. The van der Waals surface area contributed by atoms with Gasteiger partial charge < -0.3 is 16.0 Å². The van der Waals surface area contributed by atoms with Crippen LogP contribution in [0.4, 0.5) is 10.5 Å². The summed E-state index contributed by atoms with van der Waals surface area (Å²) in [6, 6.07) is 5.23. The first-order valence-electron chi connectivity index (χ1n) is 7.25. The third-order valence-corrected chi connectivity index (χ3v) is 3.77. The number of benzene rings is 1. The fourth-order valence-corrected chi connectivity index (χ4v) is 2.48. The van der Waals surface area contributed by atoms with E-state index in [0.29, 0.717) is 17.3 Å². The van der Waals surface area contributed by atoms with E-state index in [2.05, 4.69) is 17.2 Å². The molecule has 1 aliphatic heterocycles. The quantitative estimate of drug-likeness (QED) is 0.783. The van der Waals surface area contributed by atoms with Crippen LogP contribution in [0.1, 0.15) is 31.2 Å². The van der Waals surface area contributed by atoms with Crippen molar-refractivity contribution in [3.8, 4) is 11.8 Å². The Bertz CT molecular complexity index is 554. The summed E-state index contributed by atoms with van der Waals surface area (Å²) in [5, 5.41) is 3.39. The topological polar surface area (TPSA) is 58.4 Å². The molecule has 0 spiro atoms. The molecular weight excluding hydrogens is 286 g/mol. The van der Waals surface area contributed by atoms with E-state index in [1.54, 1.807) is 12.1 Å². The smallest absolute Gasteiger partial charge is 0.321 e. The van der Waals surface area contributed by atoms with Gasteiger partial charge in [0.05, 0.1) is 17.3 Å².